The lowest BCUT2D eigenvalue weighted by atomic mass is 10.0. The minimum Gasteiger partial charge on any atom is -0.392 e. The van der Waals surface area contributed by atoms with Crippen molar-refractivity contribution in [2.75, 3.05) is 13.1 Å². The molecule has 1 aromatic rings. The van der Waals surface area contributed by atoms with Gasteiger partial charge in [-0.3, -0.25) is 4.90 Å². The van der Waals surface area contributed by atoms with Gasteiger partial charge in [-0.05, 0) is 44.0 Å². The van der Waals surface area contributed by atoms with Crippen LogP contribution in [0.5, 0.6) is 0 Å². The molecule has 0 aromatic heterocycles. The molecule has 1 heterocycles. The van der Waals surface area contributed by atoms with Gasteiger partial charge in [-0.1, -0.05) is 23.7 Å². The summed E-state index contributed by atoms with van der Waals surface area (Å²) in [6.07, 6.45) is 1.83. The molecule has 2 rings (SSSR count). The Kier molecular flexibility index (Phi) is 3.85. The maximum Gasteiger partial charge on any atom is 0.0667 e. The summed E-state index contributed by atoms with van der Waals surface area (Å²) in [5.41, 5.74) is 1.22. The molecule has 0 aliphatic carbocycles. The average molecular weight is 240 g/mol. The van der Waals surface area contributed by atoms with Crippen molar-refractivity contribution < 1.29 is 5.11 Å². The Bertz CT molecular complexity index is 356. The van der Waals surface area contributed by atoms with Crippen LogP contribution in [-0.4, -0.2) is 29.2 Å². The monoisotopic (exact) mass is 239 g/mol. The van der Waals surface area contributed by atoms with E-state index in [1.54, 1.807) is 0 Å². The zero-order valence-electron chi connectivity index (χ0n) is 9.56. The highest BCUT2D eigenvalue weighted by molar-refractivity contribution is 6.30. The lowest BCUT2D eigenvalue weighted by molar-refractivity contribution is 0.0504. The molecule has 88 valence electrons. The SMILES string of the molecule is C[C@H](c1cccc(Cl)c1)N1CCC[C@@H](O)C1. The van der Waals surface area contributed by atoms with Gasteiger partial charge in [-0.25, -0.2) is 0 Å². The van der Waals surface area contributed by atoms with Crippen LogP contribution < -0.4 is 0 Å². The van der Waals surface area contributed by atoms with Crippen molar-refractivity contribution in [3.8, 4) is 0 Å². The number of piperidine rings is 1. The van der Waals surface area contributed by atoms with E-state index in [9.17, 15) is 5.11 Å². The van der Waals surface area contributed by atoms with Crippen molar-refractivity contribution >= 4 is 11.6 Å². The summed E-state index contributed by atoms with van der Waals surface area (Å²) in [5.74, 6) is 0. The fourth-order valence-electron chi connectivity index (χ4n) is 2.31. The summed E-state index contributed by atoms with van der Waals surface area (Å²) in [4.78, 5) is 2.32. The number of aliphatic hydroxyl groups excluding tert-OH is 1. The number of hydrogen-bond donors (Lipinski definition) is 1. The second-order valence-electron chi connectivity index (χ2n) is 4.52. The molecule has 1 N–H and O–H groups in total. The summed E-state index contributed by atoms with van der Waals surface area (Å²) in [6, 6.07) is 8.30. The first-order valence-corrected chi connectivity index (χ1v) is 6.22. The molecule has 0 bridgehead atoms. The second kappa shape index (κ2) is 5.17. The van der Waals surface area contributed by atoms with Crippen LogP contribution in [0.4, 0.5) is 0 Å². The van der Waals surface area contributed by atoms with E-state index in [-0.39, 0.29) is 6.10 Å². The molecule has 0 amide bonds. The Morgan fingerprint density at radius 3 is 3.00 bits per heavy atom. The van der Waals surface area contributed by atoms with Crippen molar-refractivity contribution in [1.29, 1.82) is 0 Å². The average Bonchev–Trinajstić information content (AvgIpc) is 2.28. The van der Waals surface area contributed by atoms with E-state index in [2.05, 4.69) is 17.9 Å². The largest absolute Gasteiger partial charge is 0.392 e. The standard InChI is InChI=1S/C13H18ClNO/c1-10(11-4-2-5-12(14)8-11)15-7-3-6-13(16)9-15/h2,4-5,8,10,13,16H,3,6-7,9H2,1H3/t10-,13-/m1/s1. The number of rotatable bonds is 2. The molecular weight excluding hydrogens is 222 g/mol. The molecule has 0 saturated carbocycles. The Hall–Kier alpha value is -0.570. The molecule has 1 saturated heterocycles. The van der Waals surface area contributed by atoms with Crippen LogP contribution in [0.3, 0.4) is 0 Å². The minimum absolute atomic E-state index is 0.171. The maximum absolute atomic E-state index is 9.66. The molecule has 0 unspecified atom stereocenters. The molecule has 0 spiro atoms. The first-order chi connectivity index (χ1) is 7.66. The quantitative estimate of drug-likeness (QED) is 0.858. The van der Waals surface area contributed by atoms with E-state index < -0.39 is 0 Å². The van der Waals surface area contributed by atoms with Gasteiger partial charge in [-0.15, -0.1) is 0 Å². The number of aliphatic hydroxyl groups is 1. The molecule has 1 aliphatic heterocycles. The van der Waals surface area contributed by atoms with E-state index in [1.165, 1.54) is 5.56 Å². The minimum atomic E-state index is -0.171. The molecule has 0 radical (unpaired) electrons. The van der Waals surface area contributed by atoms with Gasteiger partial charge >= 0.3 is 0 Å². The highest BCUT2D eigenvalue weighted by Gasteiger charge is 2.22. The third-order valence-electron chi connectivity index (χ3n) is 3.31. The van der Waals surface area contributed by atoms with Gasteiger partial charge in [0.1, 0.15) is 0 Å². The van der Waals surface area contributed by atoms with Gasteiger partial charge in [0.15, 0.2) is 0 Å². The van der Waals surface area contributed by atoms with Crippen molar-refractivity contribution in [2.24, 2.45) is 0 Å². The fourth-order valence-corrected chi connectivity index (χ4v) is 2.51. The highest BCUT2D eigenvalue weighted by Crippen LogP contribution is 2.25. The van der Waals surface area contributed by atoms with Crippen LogP contribution in [0.15, 0.2) is 24.3 Å². The maximum atomic E-state index is 9.66. The summed E-state index contributed by atoms with van der Waals surface area (Å²) in [7, 11) is 0. The number of halogens is 1. The van der Waals surface area contributed by atoms with Gasteiger partial charge in [0, 0.05) is 17.6 Å². The van der Waals surface area contributed by atoms with Crippen LogP contribution in [-0.2, 0) is 0 Å². The normalized spacial score (nSPS) is 24.3. The molecule has 2 nitrogen and oxygen atoms in total. The zero-order valence-corrected chi connectivity index (χ0v) is 10.3. The molecule has 1 aromatic carbocycles. The Morgan fingerprint density at radius 2 is 2.31 bits per heavy atom. The highest BCUT2D eigenvalue weighted by atomic mass is 35.5. The van der Waals surface area contributed by atoms with E-state index >= 15 is 0 Å². The first-order valence-electron chi connectivity index (χ1n) is 5.84. The summed E-state index contributed by atoms with van der Waals surface area (Å²) < 4.78 is 0. The summed E-state index contributed by atoms with van der Waals surface area (Å²) >= 11 is 5.99. The third kappa shape index (κ3) is 2.76. The van der Waals surface area contributed by atoms with Gasteiger partial charge in [-0.2, -0.15) is 0 Å². The summed E-state index contributed by atoms with van der Waals surface area (Å²) in [5, 5.41) is 10.4. The fraction of sp³-hybridized carbons (Fsp3) is 0.538. The summed E-state index contributed by atoms with van der Waals surface area (Å²) in [6.45, 7) is 4.00. The lowest BCUT2D eigenvalue weighted by Gasteiger charge is -2.35. The van der Waals surface area contributed by atoms with Crippen LogP contribution in [0, 0.1) is 0 Å². The topological polar surface area (TPSA) is 23.5 Å². The number of hydrogen-bond acceptors (Lipinski definition) is 2. The molecule has 1 fully saturated rings. The van der Waals surface area contributed by atoms with E-state index in [4.69, 9.17) is 11.6 Å². The van der Waals surface area contributed by atoms with Crippen LogP contribution >= 0.6 is 11.6 Å². The van der Waals surface area contributed by atoms with E-state index in [0.717, 1.165) is 31.0 Å². The van der Waals surface area contributed by atoms with E-state index in [1.807, 2.05) is 18.2 Å². The van der Waals surface area contributed by atoms with Crippen LogP contribution in [0.25, 0.3) is 0 Å². The number of benzene rings is 1. The second-order valence-corrected chi connectivity index (χ2v) is 4.96. The van der Waals surface area contributed by atoms with Crippen LogP contribution in [0.1, 0.15) is 31.4 Å². The molecule has 2 atom stereocenters. The van der Waals surface area contributed by atoms with Gasteiger partial charge in [0.2, 0.25) is 0 Å². The molecule has 1 aliphatic rings. The smallest absolute Gasteiger partial charge is 0.0667 e. The van der Waals surface area contributed by atoms with Crippen molar-refractivity contribution in [2.45, 2.75) is 31.9 Å². The molecular formula is C13H18ClNO. The number of β-amino-alcohol motifs (C(OH)–C–C–N with tert-alkyl or cyclic N) is 1. The third-order valence-corrected chi connectivity index (χ3v) is 3.54. The number of nitrogens with zero attached hydrogens (tertiary/aromatic N) is 1. The Morgan fingerprint density at radius 1 is 1.50 bits per heavy atom. The predicted octanol–water partition coefficient (Wildman–Crippen LogP) is 2.86. The predicted molar refractivity (Wildman–Crippen MR) is 66.7 cm³/mol. The van der Waals surface area contributed by atoms with Gasteiger partial charge < -0.3 is 5.11 Å². The van der Waals surface area contributed by atoms with Gasteiger partial charge in [0.05, 0.1) is 6.10 Å². The van der Waals surface area contributed by atoms with Crippen molar-refractivity contribution in [1.82, 2.24) is 4.90 Å². The Labute approximate surface area is 102 Å². The molecule has 16 heavy (non-hydrogen) atoms. The lowest BCUT2D eigenvalue weighted by Crippen LogP contribution is -2.39. The Balaban J connectivity index is 2.09. The first kappa shape index (κ1) is 11.9. The van der Waals surface area contributed by atoms with Gasteiger partial charge in [0.25, 0.3) is 0 Å². The molecule has 3 heteroatoms. The zero-order chi connectivity index (χ0) is 11.5. The van der Waals surface area contributed by atoms with Crippen LogP contribution in [0.2, 0.25) is 5.02 Å². The number of likely N-dealkylation sites (tertiary alicyclic amines) is 1. The van der Waals surface area contributed by atoms with Crippen molar-refractivity contribution in [3.63, 3.8) is 0 Å². The van der Waals surface area contributed by atoms with E-state index in [0.29, 0.717) is 6.04 Å². The van der Waals surface area contributed by atoms with Crippen molar-refractivity contribution in [3.05, 3.63) is 34.9 Å².